The van der Waals surface area contributed by atoms with Gasteiger partial charge in [-0.3, -0.25) is 4.98 Å². The zero-order valence-corrected chi connectivity index (χ0v) is 21.6. The molecule has 2 N–H and O–H groups in total. The van der Waals surface area contributed by atoms with Gasteiger partial charge in [0.05, 0.1) is 10.9 Å². The Kier molecular flexibility index (Phi) is 5.59. The highest BCUT2D eigenvalue weighted by Crippen LogP contribution is 2.50. The average molecular weight is 503 g/mol. The smallest absolute Gasteiger partial charge is 0.319 e. The third-order valence-electron chi connectivity index (χ3n) is 9.08. The molecule has 8 rings (SSSR count). The summed E-state index contributed by atoms with van der Waals surface area (Å²) in [4.78, 5) is 16.4. The highest BCUT2D eigenvalue weighted by Gasteiger charge is 2.39. The number of nitrogens with zero attached hydrogens (tertiary/aromatic N) is 4. The number of benzene rings is 1. The number of anilines is 1. The molecular formula is C29H35FN6O. The Morgan fingerprint density at radius 2 is 1.95 bits per heavy atom. The first-order valence-electron chi connectivity index (χ1n) is 13.9. The van der Waals surface area contributed by atoms with Crippen LogP contribution in [0.5, 0.6) is 6.01 Å². The first-order chi connectivity index (χ1) is 18.0. The summed E-state index contributed by atoms with van der Waals surface area (Å²) in [5, 5.41) is 7.82. The summed E-state index contributed by atoms with van der Waals surface area (Å²) in [6, 6.07) is 9.23. The second kappa shape index (κ2) is 8.88. The van der Waals surface area contributed by atoms with Crippen LogP contribution in [0.15, 0.2) is 30.5 Å². The normalized spacial score (nSPS) is 30.4. The summed E-state index contributed by atoms with van der Waals surface area (Å²) in [5.74, 6) is 1.41. The van der Waals surface area contributed by atoms with Crippen molar-refractivity contribution in [1.82, 2.24) is 25.6 Å². The number of fused-ring (bicyclic) bond motifs is 3. The molecule has 5 fully saturated rings. The van der Waals surface area contributed by atoms with Gasteiger partial charge in [-0.05, 0) is 56.0 Å². The van der Waals surface area contributed by atoms with Gasteiger partial charge in [-0.15, -0.1) is 0 Å². The molecule has 0 radical (unpaired) electrons. The molecule has 5 aliphatic rings. The first kappa shape index (κ1) is 23.3. The summed E-state index contributed by atoms with van der Waals surface area (Å²) >= 11 is 0. The number of ether oxygens (including phenoxy) is 1. The molecule has 3 aromatic rings. The van der Waals surface area contributed by atoms with Crippen molar-refractivity contribution in [1.29, 1.82) is 0 Å². The Morgan fingerprint density at radius 1 is 1.16 bits per heavy atom. The van der Waals surface area contributed by atoms with Gasteiger partial charge in [0.1, 0.15) is 23.6 Å². The molecule has 1 saturated carbocycles. The van der Waals surface area contributed by atoms with Crippen LogP contribution < -0.4 is 20.3 Å². The maximum atomic E-state index is 16.4. The molecule has 4 saturated heterocycles. The number of pyridine rings is 1. The van der Waals surface area contributed by atoms with E-state index in [0.717, 1.165) is 56.7 Å². The first-order valence-corrected chi connectivity index (χ1v) is 13.9. The largest absolute Gasteiger partial charge is 0.461 e. The van der Waals surface area contributed by atoms with E-state index in [1.807, 2.05) is 18.2 Å². The van der Waals surface area contributed by atoms with Crippen LogP contribution in [0, 0.1) is 11.7 Å². The Labute approximate surface area is 217 Å². The summed E-state index contributed by atoms with van der Waals surface area (Å²) in [6.45, 7) is 7.57. The van der Waals surface area contributed by atoms with Crippen molar-refractivity contribution in [2.24, 2.45) is 5.92 Å². The molecule has 5 unspecified atom stereocenters. The van der Waals surface area contributed by atoms with Gasteiger partial charge in [0.2, 0.25) is 0 Å². The minimum absolute atomic E-state index is 0.0724. The second-order valence-electron chi connectivity index (χ2n) is 11.6. The highest BCUT2D eigenvalue weighted by molar-refractivity contribution is 5.92. The van der Waals surface area contributed by atoms with Crippen molar-refractivity contribution in [3.8, 4) is 17.3 Å². The fraction of sp³-hybridized carbons (Fsp3) is 0.552. The van der Waals surface area contributed by atoms with Crippen LogP contribution >= 0.6 is 0 Å². The molecule has 1 aromatic carbocycles. The van der Waals surface area contributed by atoms with E-state index in [2.05, 4.69) is 45.4 Å². The summed E-state index contributed by atoms with van der Waals surface area (Å²) in [5.41, 5.74) is 2.62. The van der Waals surface area contributed by atoms with E-state index in [1.165, 1.54) is 12.0 Å². The van der Waals surface area contributed by atoms with Crippen LogP contribution in [0.2, 0.25) is 0 Å². The Bertz CT molecular complexity index is 1330. The molecule has 0 spiro atoms. The molecule has 4 aliphatic heterocycles. The molecule has 7 nitrogen and oxygen atoms in total. The van der Waals surface area contributed by atoms with E-state index < -0.39 is 5.82 Å². The molecule has 2 bridgehead atoms. The number of hydrogen-bond donors (Lipinski definition) is 2. The van der Waals surface area contributed by atoms with Gasteiger partial charge in [0.25, 0.3) is 0 Å². The number of aromatic nitrogens is 3. The second-order valence-corrected chi connectivity index (χ2v) is 11.6. The third-order valence-corrected chi connectivity index (χ3v) is 9.08. The molecule has 5 atom stereocenters. The standard InChI is InChI=1S/C29H35FN6O/c1-3-29(9-6-10-32-29)16-37-28-34-26-23(27(35-28)36-14-18-12-19(15-36)33-18)13-31-25(24(26)30)21-8-5-4-7-20(21)22-11-17(22)2/h4-5,7-8,13,17-19,22,32-33H,3,6,9-12,14-16H2,1-2H3. The van der Waals surface area contributed by atoms with Gasteiger partial charge in [-0.25, -0.2) is 4.39 Å². The van der Waals surface area contributed by atoms with Crippen molar-refractivity contribution in [3.63, 3.8) is 0 Å². The van der Waals surface area contributed by atoms with Gasteiger partial charge < -0.3 is 20.3 Å². The van der Waals surface area contributed by atoms with Crippen molar-refractivity contribution in [2.75, 3.05) is 31.1 Å². The van der Waals surface area contributed by atoms with Crippen LogP contribution in [-0.2, 0) is 0 Å². The molecule has 8 heteroatoms. The predicted octanol–water partition coefficient (Wildman–Crippen LogP) is 4.42. The zero-order chi connectivity index (χ0) is 25.1. The van der Waals surface area contributed by atoms with E-state index >= 15 is 4.39 Å². The van der Waals surface area contributed by atoms with Crippen molar-refractivity contribution >= 4 is 16.7 Å². The molecule has 1 aliphatic carbocycles. The lowest BCUT2D eigenvalue weighted by atomic mass is 9.91. The molecule has 194 valence electrons. The van der Waals surface area contributed by atoms with Crippen molar-refractivity contribution < 1.29 is 9.13 Å². The highest BCUT2D eigenvalue weighted by atomic mass is 19.1. The quantitative estimate of drug-likeness (QED) is 0.496. The third kappa shape index (κ3) is 4.05. The summed E-state index contributed by atoms with van der Waals surface area (Å²) in [6.07, 6.45) is 7.24. The van der Waals surface area contributed by atoms with E-state index in [0.29, 0.717) is 47.1 Å². The monoisotopic (exact) mass is 502 g/mol. The predicted molar refractivity (Wildman–Crippen MR) is 143 cm³/mol. The van der Waals surface area contributed by atoms with Gasteiger partial charge in [0.15, 0.2) is 5.82 Å². The van der Waals surface area contributed by atoms with Crippen molar-refractivity contribution in [3.05, 3.63) is 41.8 Å². The van der Waals surface area contributed by atoms with Gasteiger partial charge in [-0.1, -0.05) is 38.1 Å². The van der Waals surface area contributed by atoms with E-state index in [1.54, 1.807) is 6.20 Å². The Balaban J connectivity index is 1.31. The maximum absolute atomic E-state index is 16.4. The average Bonchev–Trinajstić information content (AvgIpc) is 3.45. The zero-order valence-electron chi connectivity index (χ0n) is 21.6. The van der Waals surface area contributed by atoms with Crippen LogP contribution in [-0.4, -0.2) is 58.8 Å². The topological polar surface area (TPSA) is 75.2 Å². The van der Waals surface area contributed by atoms with E-state index in [-0.39, 0.29) is 11.5 Å². The van der Waals surface area contributed by atoms with Crippen LogP contribution in [0.1, 0.15) is 57.4 Å². The van der Waals surface area contributed by atoms with Crippen LogP contribution in [0.25, 0.3) is 22.2 Å². The molecule has 2 aromatic heterocycles. The summed E-state index contributed by atoms with van der Waals surface area (Å²) in [7, 11) is 0. The fourth-order valence-electron chi connectivity index (χ4n) is 6.59. The molecule has 6 heterocycles. The lowest BCUT2D eigenvalue weighted by Gasteiger charge is -2.48. The van der Waals surface area contributed by atoms with Crippen LogP contribution in [0.4, 0.5) is 10.2 Å². The van der Waals surface area contributed by atoms with Gasteiger partial charge >= 0.3 is 6.01 Å². The number of piperidine rings is 1. The van der Waals surface area contributed by atoms with E-state index in [4.69, 9.17) is 9.72 Å². The SMILES string of the molecule is CCC1(COc2nc(N3CC4CC(C3)N4)c3cnc(-c4ccccc4C4CC4C)c(F)c3n2)CCCN1. The minimum atomic E-state index is -0.392. The molecular weight excluding hydrogens is 467 g/mol. The van der Waals surface area contributed by atoms with Crippen LogP contribution in [0.3, 0.4) is 0 Å². The molecule has 37 heavy (non-hydrogen) atoms. The van der Waals surface area contributed by atoms with E-state index in [9.17, 15) is 0 Å². The number of piperazine rings is 1. The number of nitrogens with one attached hydrogen (secondary N) is 2. The Morgan fingerprint density at radius 3 is 2.65 bits per heavy atom. The number of halogens is 1. The summed E-state index contributed by atoms with van der Waals surface area (Å²) < 4.78 is 22.6. The number of hydrogen-bond acceptors (Lipinski definition) is 7. The molecule has 0 amide bonds. The number of rotatable bonds is 7. The maximum Gasteiger partial charge on any atom is 0.319 e. The Hall–Kier alpha value is -2.84. The lowest BCUT2D eigenvalue weighted by molar-refractivity contribution is 0.181. The van der Waals surface area contributed by atoms with Gasteiger partial charge in [0, 0.05) is 36.9 Å². The minimum Gasteiger partial charge on any atom is -0.461 e. The van der Waals surface area contributed by atoms with Gasteiger partial charge in [-0.2, -0.15) is 9.97 Å². The lowest BCUT2D eigenvalue weighted by Crippen LogP contribution is -2.67. The van der Waals surface area contributed by atoms with Crippen molar-refractivity contribution in [2.45, 2.75) is 69.5 Å². The fourth-order valence-corrected chi connectivity index (χ4v) is 6.59.